The molecule has 0 radical (unpaired) electrons. The minimum absolute atomic E-state index is 0.0113. The van der Waals surface area contributed by atoms with Gasteiger partial charge in [-0.1, -0.05) is 13.5 Å². The van der Waals surface area contributed by atoms with Gasteiger partial charge in [-0.05, 0) is 38.0 Å². The Morgan fingerprint density at radius 1 is 1.50 bits per heavy atom. The van der Waals surface area contributed by atoms with E-state index in [9.17, 15) is 14.7 Å². The minimum Gasteiger partial charge on any atom is -0.481 e. The van der Waals surface area contributed by atoms with Crippen LogP contribution in [-0.2, 0) is 14.3 Å². The Morgan fingerprint density at radius 3 is 2.75 bits per heavy atom. The molecule has 1 saturated carbocycles. The van der Waals surface area contributed by atoms with Gasteiger partial charge >= 0.3 is 11.9 Å². The summed E-state index contributed by atoms with van der Waals surface area (Å²) in [4.78, 5) is 22.5. The highest BCUT2D eigenvalue weighted by molar-refractivity contribution is 5.91. The zero-order valence-corrected chi connectivity index (χ0v) is 12.0. The van der Waals surface area contributed by atoms with Crippen molar-refractivity contribution in [3.63, 3.8) is 0 Å². The van der Waals surface area contributed by atoms with E-state index in [0.717, 1.165) is 12.8 Å². The highest BCUT2D eigenvalue weighted by Gasteiger charge is 2.54. The molecule has 0 aromatic rings. The van der Waals surface area contributed by atoms with Gasteiger partial charge in [-0.25, -0.2) is 4.79 Å². The third-order valence-corrected chi connectivity index (χ3v) is 4.93. The molecule has 1 aliphatic carbocycles. The molecule has 1 aliphatic heterocycles. The number of carbonyl (C=O) groups excluding carboxylic acids is 1. The first-order valence-corrected chi connectivity index (χ1v) is 7.09. The number of hydrogen-bond donors (Lipinski definition) is 2. The summed E-state index contributed by atoms with van der Waals surface area (Å²) in [5.74, 6) is -1.49. The number of carboxylic acids is 1. The van der Waals surface area contributed by atoms with Crippen molar-refractivity contribution >= 4 is 11.9 Å². The largest absolute Gasteiger partial charge is 0.481 e. The zero-order chi connectivity index (χ0) is 15.1. The lowest BCUT2D eigenvalue weighted by Crippen LogP contribution is -2.49. The molecule has 0 aromatic heterocycles. The molecular formula is C15H22O5. The quantitative estimate of drug-likeness (QED) is 0.608. The topological polar surface area (TPSA) is 83.8 Å². The standard InChI is InChI=1S/C15H22O5/c1-8-4-5-10-9(2)14(18)20-13(10)15(3,19)11(8)6-7-12(16)17/h8,10-11,13,19H,2,4-7H2,1,3H3,(H,16,17)/t8-,10-,11+,13+,15+/m0/s1. The number of aliphatic hydroxyl groups is 1. The van der Waals surface area contributed by atoms with Crippen molar-refractivity contribution in [2.75, 3.05) is 0 Å². The molecule has 5 nitrogen and oxygen atoms in total. The molecule has 0 aromatic carbocycles. The van der Waals surface area contributed by atoms with E-state index in [2.05, 4.69) is 6.58 Å². The van der Waals surface area contributed by atoms with Crippen LogP contribution in [0, 0.1) is 17.8 Å². The van der Waals surface area contributed by atoms with Gasteiger partial charge in [0.1, 0.15) is 11.7 Å². The summed E-state index contributed by atoms with van der Waals surface area (Å²) in [5.41, 5.74) is -0.785. The van der Waals surface area contributed by atoms with Crippen LogP contribution in [0.5, 0.6) is 0 Å². The Kier molecular flexibility index (Phi) is 3.91. The molecule has 2 N–H and O–H groups in total. The lowest BCUT2D eigenvalue weighted by Gasteiger charge is -2.38. The summed E-state index contributed by atoms with van der Waals surface area (Å²) in [6.07, 6.45) is 1.37. The third kappa shape index (κ3) is 2.46. The fraction of sp³-hybridized carbons (Fsp3) is 0.733. The molecule has 20 heavy (non-hydrogen) atoms. The maximum absolute atomic E-state index is 11.7. The zero-order valence-electron chi connectivity index (χ0n) is 12.0. The van der Waals surface area contributed by atoms with Gasteiger partial charge in [0.15, 0.2) is 0 Å². The second-order valence-corrected chi connectivity index (χ2v) is 6.28. The van der Waals surface area contributed by atoms with Gasteiger partial charge in [0.2, 0.25) is 0 Å². The average Bonchev–Trinajstić information content (AvgIpc) is 2.58. The molecule has 2 aliphatic rings. The Bertz CT molecular complexity index is 440. The minimum atomic E-state index is -1.22. The van der Waals surface area contributed by atoms with Crippen molar-refractivity contribution in [3.05, 3.63) is 12.2 Å². The number of esters is 1. The van der Waals surface area contributed by atoms with Crippen LogP contribution < -0.4 is 0 Å². The van der Waals surface area contributed by atoms with Crippen LogP contribution in [0.15, 0.2) is 12.2 Å². The summed E-state index contributed by atoms with van der Waals surface area (Å²) in [6, 6.07) is 0. The van der Waals surface area contributed by atoms with Crippen molar-refractivity contribution < 1.29 is 24.5 Å². The number of fused-ring (bicyclic) bond motifs is 1. The van der Waals surface area contributed by atoms with Crippen LogP contribution >= 0.6 is 0 Å². The third-order valence-electron chi connectivity index (χ3n) is 4.93. The number of aliphatic carboxylic acids is 1. The molecule has 112 valence electrons. The summed E-state index contributed by atoms with van der Waals surface area (Å²) in [5, 5.41) is 19.8. The predicted octanol–water partition coefficient (Wildman–Crippen LogP) is 1.75. The van der Waals surface area contributed by atoms with E-state index in [0.29, 0.717) is 12.0 Å². The lowest BCUT2D eigenvalue weighted by atomic mass is 9.74. The highest BCUT2D eigenvalue weighted by atomic mass is 16.6. The lowest BCUT2D eigenvalue weighted by molar-refractivity contribution is -0.162. The number of ether oxygens (including phenoxy) is 1. The van der Waals surface area contributed by atoms with Crippen molar-refractivity contribution in [3.8, 4) is 0 Å². The van der Waals surface area contributed by atoms with Gasteiger partial charge in [0, 0.05) is 17.9 Å². The number of rotatable bonds is 3. The van der Waals surface area contributed by atoms with Gasteiger partial charge < -0.3 is 14.9 Å². The Morgan fingerprint density at radius 2 is 2.15 bits per heavy atom. The van der Waals surface area contributed by atoms with Crippen LogP contribution in [0.2, 0.25) is 0 Å². The molecule has 2 fully saturated rings. The number of carbonyl (C=O) groups is 2. The van der Waals surface area contributed by atoms with E-state index in [1.165, 1.54) is 0 Å². The van der Waals surface area contributed by atoms with E-state index in [-0.39, 0.29) is 24.2 Å². The molecular weight excluding hydrogens is 260 g/mol. The van der Waals surface area contributed by atoms with Gasteiger partial charge in [-0.15, -0.1) is 0 Å². The highest BCUT2D eigenvalue weighted by Crippen LogP contribution is 2.47. The summed E-state index contributed by atoms with van der Waals surface area (Å²) in [7, 11) is 0. The van der Waals surface area contributed by atoms with E-state index < -0.39 is 23.6 Å². The Hall–Kier alpha value is -1.36. The molecule has 5 heteroatoms. The first-order chi connectivity index (χ1) is 9.25. The van der Waals surface area contributed by atoms with E-state index in [4.69, 9.17) is 9.84 Å². The van der Waals surface area contributed by atoms with Gasteiger partial charge in [0.05, 0.1) is 0 Å². The Labute approximate surface area is 118 Å². The van der Waals surface area contributed by atoms with Crippen molar-refractivity contribution in [1.82, 2.24) is 0 Å². The fourth-order valence-electron chi connectivity index (χ4n) is 3.75. The predicted molar refractivity (Wildman–Crippen MR) is 71.9 cm³/mol. The number of carboxylic acid groups (broad SMARTS) is 1. The second kappa shape index (κ2) is 5.20. The van der Waals surface area contributed by atoms with E-state index in [1.54, 1.807) is 6.92 Å². The first kappa shape index (κ1) is 15.0. The maximum Gasteiger partial charge on any atom is 0.334 e. The van der Waals surface area contributed by atoms with Crippen LogP contribution in [0.3, 0.4) is 0 Å². The SMILES string of the molecule is C=C1C(=O)O[C@@H]2[C@H]1CC[C@H](C)[C@@H](CCC(=O)O)[C@@]2(C)O. The summed E-state index contributed by atoms with van der Waals surface area (Å²) in [6.45, 7) is 7.45. The van der Waals surface area contributed by atoms with Crippen molar-refractivity contribution in [1.29, 1.82) is 0 Å². The van der Waals surface area contributed by atoms with Gasteiger partial charge in [-0.2, -0.15) is 0 Å². The van der Waals surface area contributed by atoms with Crippen LogP contribution in [0.1, 0.15) is 39.5 Å². The molecule has 0 unspecified atom stereocenters. The van der Waals surface area contributed by atoms with E-state index >= 15 is 0 Å². The monoisotopic (exact) mass is 282 g/mol. The smallest absolute Gasteiger partial charge is 0.334 e. The Balaban J connectivity index is 2.26. The normalized spacial score (nSPS) is 41.0. The summed E-state index contributed by atoms with van der Waals surface area (Å²) < 4.78 is 5.32. The molecule has 0 spiro atoms. The van der Waals surface area contributed by atoms with Crippen molar-refractivity contribution in [2.24, 2.45) is 17.8 Å². The molecule has 2 rings (SSSR count). The number of hydrogen-bond acceptors (Lipinski definition) is 4. The fourth-order valence-corrected chi connectivity index (χ4v) is 3.75. The second-order valence-electron chi connectivity index (χ2n) is 6.28. The molecule has 0 amide bonds. The van der Waals surface area contributed by atoms with E-state index in [1.807, 2.05) is 6.92 Å². The molecule has 1 saturated heterocycles. The summed E-state index contributed by atoms with van der Waals surface area (Å²) >= 11 is 0. The van der Waals surface area contributed by atoms with Gasteiger partial charge in [0.25, 0.3) is 0 Å². The van der Waals surface area contributed by atoms with Crippen molar-refractivity contribution in [2.45, 2.75) is 51.2 Å². The molecule has 1 heterocycles. The van der Waals surface area contributed by atoms with Crippen LogP contribution in [0.25, 0.3) is 0 Å². The van der Waals surface area contributed by atoms with Crippen LogP contribution in [-0.4, -0.2) is 33.9 Å². The van der Waals surface area contributed by atoms with Crippen LogP contribution in [0.4, 0.5) is 0 Å². The molecule has 5 atom stereocenters. The molecule has 0 bridgehead atoms. The first-order valence-electron chi connectivity index (χ1n) is 7.09. The van der Waals surface area contributed by atoms with Gasteiger partial charge in [-0.3, -0.25) is 4.79 Å². The average molecular weight is 282 g/mol. The maximum atomic E-state index is 11.7.